The Morgan fingerprint density at radius 1 is 0.923 bits per heavy atom. The highest BCUT2D eigenvalue weighted by Gasteiger charge is 2.31. The number of benzene rings is 4. The highest BCUT2D eigenvalue weighted by atomic mass is 35.5. The second kappa shape index (κ2) is 13.5. The monoisotopic (exact) mass is 562 g/mol. The van der Waals surface area contributed by atoms with Gasteiger partial charge in [0.05, 0.1) is 0 Å². The number of ether oxygens (including phenoxy) is 1. The average Bonchev–Trinajstić information content (AvgIpc) is 2.95. The van der Waals surface area contributed by atoms with Gasteiger partial charge in [0.2, 0.25) is 5.91 Å². The normalized spacial score (nSPS) is 12.5. The molecule has 0 spiro atoms. The van der Waals surface area contributed by atoms with Crippen LogP contribution >= 0.6 is 23.2 Å². The molecule has 4 rings (SSSR count). The van der Waals surface area contributed by atoms with Gasteiger partial charge in [0.25, 0.3) is 5.91 Å². The second-order valence-electron chi connectivity index (χ2n) is 9.55. The maximum atomic E-state index is 13.9. The van der Waals surface area contributed by atoms with Crippen molar-refractivity contribution in [2.45, 2.75) is 45.3 Å². The van der Waals surface area contributed by atoms with Crippen LogP contribution < -0.4 is 10.1 Å². The molecule has 2 amide bonds. The molecule has 0 saturated heterocycles. The third kappa shape index (κ3) is 7.53. The van der Waals surface area contributed by atoms with Gasteiger partial charge in [-0.3, -0.25) is 9.59 Å². The SMILES string of the molecule is CC[C@H](C)NC(=O)[C@@H](Cc1ccccc1)N(Cc1ccc(Cl)cc1Cl)C(=O)COc1cccc2ccccc12. The topological polar surface area (TPSA) is 58.6 Å². The quantitative estimate of drug-likeness (QED) is 0.212. The van der Waals surface area contributed by atoms with Crippen molar-refractivity contribution >= 4 is 45.8 Å². The molecule has 2 atom stereocenters. The fraction of sp³-hybridized carbons (Fsp3) is 0.250. The number of nitrogens with zero attached hydrogens (tertiary/aromatic N) is 1. The van der Waals surface area contributed by atoms with Crippen LogP contribution in [0.25, 0.3) is 10.8 Å². The number of carbonyl (C=O) groups excluding carboxylic acids is 2. The van der Waals surface area contributed by atoms with Gasteiger partial charge in [-0.1, -0.05) is 103 Å². The number of halogens is 2. The number of nitrogens with one attached hydrogen (secondary N) is 1. The highest BCUT2D eigenvalue weighted by Crippen LogP contribution is 2.27. The summed E-state index contributed by atoms with van der Waals surface area (Å²) >= 11 is 12.6. The van der Waals surface area contributed by atoms with E-state index in [1.165, 1.54) is 0 Å². The number of fused-ring (bicyclic) bond motifs is 1. The zero-order valence-electron chi connectivity index (χ0n) is 22.1. The van der Waals surface area contributed by atoms with E-state index in [0.29, 0.717) is 27.8 Å². The molecule has 7 heteroatoms. The zero-order chi connectivity index (χ0) is 27.8. The lowest BCUT2D eigenvalue weighted by molar-refractivity contribution is -0.143. The molecule has 4 aromatic rings. The van der Waals surface area contributed by atoms with Gasteiger partial charge in [0, 0.05) is 34.4 Å². The van der Waals surface area contributed by atoms with Crippen LogP contribution in [-0.2, 0) is 22.6 Å². The van der Waals surface area contributed by atoms with E-state index in [1.807, 2.05) is 86.6 Å². The van der Waals surface area contributed by atoms with Crippen molar-refractivity contribution < 1.29 is 14.3 Å². The average molecular weight is 564 g/mol. The van der Waals surface area contributed by atoms with E-state index in [1.54, 1.807) is 23.1 Å². The number of rotatable bonds is 11. The third-order valence-corrected chi connectivity index (χ3v) is 7.32. The molecule has 0 bridgehead atoms. The fourth-order valence-electron chi connectivity index (χ4n) is 4.37. The van der Waals surface area contributed by atoms with Crippen LogP contribution in [0.1, 0.15) is 31.4 Å². The summed E-state index contributed by atoms with van der Waals surface area (Å²) in [5, 5.41) is 5.92. The lowest BCUT2D eigenvalue weighted by Crippen LogP contribution is -2.53. The molecule has 39 heavy (non-hydrogen) atoms. The van der Waals surface area contributed by atoms with Crippen LogP contribution in [-0.4, -0.2) is 35.4 Å². The Labute approximate surface area is 239 Å². The first kappa shape index (κ1) is 28.5. The van der Waals surface area contributed by atoms with Gasteiger partial charge in [-0.15, -0.1) is 0 Å². The van der Waals surface area contributed by atoms with Gasteiger partial charge in [-0.25, -0.2) is 0 Å². The minimum Gasteiger partial charge on any atom is -0.483 e. The molecule has 0 unspecified atom stereocenters. The molecule has 0 aliphatic heterocycles. The van der Waals surface area contributed by atoms with Crippen LogP contribution in [0.15, 0.2) is 91.0 Å². The molecular formula is C32H32Cl2N2O3. The Hall–Kier alpha value is -3.54. The van der Waals surface area contributed by atoms with E-state index < -0.39 is 6.04 Å². The highest BCUT2D eigenvalue weighted by molar-refractivity contribution is 6.35. The first-order valence-corrected chi connectivity index (χ1v) is 13.8. The minimum atomic E-state index is -0.781. The molecule has 5 nitrogen and oxygen atoms in total. The van der Waals surface area contributed by atoms with E-state index in [9.17, 15) is 9.59 Å². The lowest BCUT2D eigenvalue weighted by atomic mass is 10.0. The predicted molar refractivity (Wildman–Crippen MR) is 158 cm³/mol. The Morgan fingerprint density at radius 3 is 2.38 bits per heavy atom. The number of hydrogen-bond donors (Lipinski definition) is 1. The van der Waals surface area contributed by atoms with Crippen LogP contribution in [0.3, 0.4) is 0 Å². The van der Waals surface area contributed by atoms with Crippen molar-refractivity contribution in [3.05, 3.63) is 112 Å². The van der Waals surface area contributed by atoms with E-state index in [0.717, 1.165) is 22.8 Å². The van der Waals surface area contributed by atoms with Gasteiger partial charge in [0.15, 0.2) is 6.61 Å². The van der Waals surface area contributed by atoms with Crippen LogP contribution in [0, 0.1) is 0 Å². The van der Waals surface area contributed by atoms with Crippen molar-refractivity contribution in [3.63, 3.8) is 0 Å². The van der Waals surface area contributed by atoms with Gasteiger partial charge in [0.1, 0.15) is 11.8 Å². The van der Waals surface area contributed by atoms with Crippen LogP contribution in [0.4, 0.5) is 0 Å². The van der Waals surface area contributed by atoms with Gasteiger partial charge < -0.3 is 15.0 Å². The fourth-order valence-corrected chi connectivity index (χ4v) is 4.84. The van der Waals surface area contributed by atoms with Gasteiger partial charge in [-0.2, -0.15) is 0 Å². The minimum absolute atomic E-state index is 0.0428. The molecule has 0 aromatic heterocycles. The zero-order valence-corrected chi connectivity index (χ0v) is 23.6. The molecule has 0 fully saturated rings. The molecule has 202 valence electrons. The van der Waals surface area contributed by atoms with E-state index >= 15 is 0 Å². The first-order valence-electron chi connectivity index (χ1n) is 13.0. The smallest absolute Gasteiger partial charge is 0.261 e. The lowest BCUT2D eigenvalue weighted by Gasteiger charge is -2.32. The molecule has 0 radical (unpaired) electrons. The summed E-state index contributed by atoms with van der Waals surface area (Å²) in [6.07, 6.45) is 1.11. The number of carbonyl (C=O) groups is 2. The Bertz CT molecular complexity index is 1420. The summed E-state index contributed by atoms with van der Waals surface area (Å²) in [5.41, 5.74) is 1.63. The summed E-state index contributed by atoms with van der Waals surface area (Å²) in [4.78, 5) is 29.1. The summed E-state index contributed by atoms with van der Waals surface area (Å²) < 4.78 is 6.05. The Kier molecular flexibility index (Phi) is 9.85. The van der Waals surface area contributed by atoms with Gasteiger partial charge >= 0.3 is 0 Å². The molecule has 0 aliphatic rings. The van der Waals surface area contributed by atoms with Crippen molar-refractivity contribution in [2.24, 2.45) is 0 Å². The maximum absolute atomic E-state index is 13.9. The van der Waals surface area contributed by atoms with Crippen molar-refractivity contribution in [2.75, 3.05) is 6.61 Å². The summed E-state index contributed by atoms with van der Waals surface area (Å²) in [7, 11) is 0. The van der Waals surface area contributed by atoms with Crippen LogP contribution in [0.2, 0.25) is 10.0 Å². The number of hydrogen-bond acceptors (Lipinski definition) is 3. The Morgan fingerprint density at radius 2 is 1.64 bits per heavy atom. The molecule has 0 heterocycles. The largest absolute Gasteiger partial charge is 0.483 e. The molecule has 4 aromatic carbocycles. The van der Waals surface area contributed by atoms with E-state index in [2.05, 4.69) is 5.32 Å². The second-order valence-corrected chi connectivity index (χ2v) is 10.4. The maximum Gasteiger partial charge on any atom is 0.261 e. The standard InChI is InChI=1S/C32H32Cl2N2O3/c1-3-22(2)35-32(38)29(18-23-10-5-4-6-11-23)36(20-25-16-17-26(33)19-28(25)34)31(37)21-39-30-15-9-13-24-12-7-8-14-27(24)30/h4-17,19,22,29H,3,18,20-21H2,1-2H3,(H,35,38)/t22-,29+/m0/s1. The van der Waals surface area contributed by atoms with E-state index in [4.69, 9.17) is 27.9 Å². The molecule has 1 N–H and O–H groups in total. The molecule has 0 saturated carbocycles. The van der Waals surface area contributed by atoms with Crippen molar-refractivity contribution in [3.8, 4) is 5.75 Å². The van der Waals surface area contributed by atoms with E-state index in [-0.39, 0.29) is 31.0 Å². The summed E-state index contributed by atoms with van der Waals surface area (Å²) in [6.45, 7) is 3.84. The first-order chi connectivity index (χ1) is 18.9. The third-order valence-electron chi connectivity index (χ3n) is 6.73. The molecule has 0 aliphatic carbocycles. The van der Waals surface area contributed by atoms with Crippen LogP contribution in [0.5, 0.6) is 5.75 Å². The number of amides is 2. The summed E-state index contributed by atoms with van der Waals surface area (Å²) in [6, 6.07) is 27.6. The molecular weight excluding hydrogens is 531 g/mol. The Balaban J connectivity index is 1.67. The van der Waals surface area contributed by atoms with Crippen molar-refractivity contribution in [1.82, 2.24) is 10.2 Å². The van der Waals surface area contributed by atoms with Crippen molar-refractivity contribution in [1.29, 1.82) is 0 Å². The summed E-state index contributed by atoms with van der Waals surface area (Å²) in [5.74, 6) is 0.0561. The van der Waals surface area contributed by atoms with Gasteiger partial charge in [-0.05, 0) is 48.1 Å². The predicted octanol–water partition coefficient (Wildman–Crippen LogP) is 7.08.